The highest BCUT2D eigenvalue weighted by molar-refractivity contribution is 5.83. The summed E-state index contributed by atoms with van der Waals surface area (Å²) in [7, 11) is 1.42. The van der Waals surface area contributed by atoms with Crippen LogP contribution in [0, 0.1) is 0 Å². The molecule has 0 bridgehead atoms. The molecule has 2 heterocycles. The minimum Gasteiger partial charge on any atom is -0.493 e. The van der Waals surface area contributed by atoms with Gasteiger partial charge in [-0.3, -0.25) is 4.79 Å². The number of carbonyl (C=O) groups excluding carboxylic acids is 1. The fourth-order valence-corrected chi connectivity index (χ4v) is 5.41. The van der Waals surface area contributed by atoms with E-state index >= 15 is 0 Å². The van der Waals surface area contributed by atoms with Gasteiger partial charge in [-0.05, 0) is 47.6 Å². The Bertz CT molecular complexity index is 1390. The lowest BCUT2D eigenvalue weighted by atomic mass is 9.92. The number of rotatable bonds is 7. The molecule has 4 aromatic rings. The lowest BCUT2D eigenvalue weighted by molar-refractivity contribution is -0.140. The molecule has 0 saturated carbocycles. The van der Waals surface area contributed by atoms with Crippen molar-refractivity contribution in [3.8, 4) is 33.9 Å². The van der Waals surface area contributed by atoms with Gasteiger partial charge in [0.2, 0.25) is 0 Å². The SMILES string of the molecule is COC(=O)CCC1COc2cc(OC3CCc4c(-c5ccccc5-c5ccno5)cccc43)ccc21. The third-order valence-corrected chi connectivity index (χ3v) is 7.20. The van der Waals surface area contributed by atoms with Crippen molar-refractivity contribution in [3.63, 3.8) is 0 Å². The van der Waals surface area contributed by atoms with Crippen LogP contribution in [-0.4, -0.2) is 24.8 Å². The number of nitrogens with zero attached hydrogens (tertiary/aromatic N) is 1. The summed E-state index contributed by atoms with van der Waals surface area (Å²) in [6.45, 7) is 0.579. The van der Waals surface area contributed by atoms with E-state index in [1.165, 1.54) is 23.8 Å². The Labute approximate surface area is 209 Å². The largest absolute Gasteiger partial charge is 0.493 e. The molecule has 1 aromatic heterocycles. The molecule has 6 nitrogen and oxygen atoms in total. The predicted octanol–water partition coefficient (Wildman–Crippen LogP) is 6.50. The highest BCUT2D eigenvalue weighted by Gasteiger charge is 2.29. The first-order valence-electron chi connectivity index (χ1n) is 12.3. The highest BCUT2D eigenvalue weighted by Crippen LogP contribution is 2.44. The number of methoxy groups -OCH3 is 1. The quantitative estimate of drug-likeness (QED) is 0.281. The van der Waals surface area contributed by atoms with Crippen molar-refractivity contribution in [2.24, 2.45) is 0 Å². The summed E-state index contributed by atoms with van der Waals surface area (Å²) in [6.07, 6.45) is 4.62. The fraction of sp³-hybridized carbons (Fsp3) is 0.267. The topological polar surface area (TPSA) is 70.8 Å². The standard InChI is InChI=1S/C30H27NO5/c1-33-30(32)14-9-19-18-34-29-17-20(10-11-21(19)29)35-27-13-12-24-22(7-4-8-25(24)27)23-5-2-3-6-26(23)28-15-16-31-36-28/h2-8,10-11,15-17,19,27H,9,12-14,18H2,1H3. The summed E-state index contributed by atoms with van der Waals surface area (Å²) in [4.78, 5) is 11.5. The smallest absolute Gasteiger partial charge is 0.305 e. The normalized spacial score (nSPS) is 17.8. The van der Waals surface area contributed by atoms with Crippen molar-refractivity contribution in [2.45, 2.75) is 37.7 Å². The van der Waals surface area contributed by atoms with E-state index in [1.54, 1.807) is 6.20 Å². The van der Waals surface area contributed by atoms with Crippen LogP contribution in [0.5, 0.6) is 11.5 Å². The molecule has 0 amide bonds. The van der Waals surface area contributed by atoms with Crippen LogP contribution in [0.15, 0.2) is 77.4 Å². The van der Waals surface area contributed by atoms with Gasteiger partial charge in [0.05, 0.1) is 19.9 Å². The number of ether oxygens (including phenoxy) is 3. The van der Waals surface area contributed by atoms with Crippen molar-refractivity contribution in [1.82, 2.24) is 5.16 Å². The van der Waals surface area contributed by atoms with E-state index in [4.69, 9.17) is 18.7 Å². The maximum atomic E-state index is 11.5. The molecule has 3 aromatic carbocycles. The van der Waals surface area contributed by atoms with E-state index < -0.39 is 0 Å². The highest BCUT2D eigenvalue weighted by atomic mass is 16.5. The minimum atomic E-state index is -0.189. The van der Waals surface area contributed by atoms with Crippen LogP contribution in [0.25, 0.3) is 22.5 Å². The third kappa shape index (κ3) is 4.13. The molecule has 6 rings (SSSR count). The molecule has 182 valence electrons. The van der Waals surface area contributed by atoms with Crippen molar-refractivity contribution in [3.05, 3.63) is 89.6 Å². The maximum Gasteiger partial charge on any atom is 0.305 e. The molecule has 2 unspecified atom stereocenters. The van der Waals surface area contributed by atoms with Crippen LogP contribution in [0.1, 0.15) is 48.0 Å². The van der Waals surface area contributed by atoms with Crippen molar-refractivity contribution < 1.29 is 23.5 Å². The first-order valence-corrected chi connectivity index (χ1v) is 12.3. The van der Waals surface area contributed by atoms with Gasteiger partial charge in [-0.25, -0.2) is 0 Å². The van der Waals surface area contributed by atoms with E-state index in [2.05, 4.69) is 47.6 Å². The number of hydrogen-bond acceptors (Lipinski definition) is 6. The van der Waals surface area contributed by atoms with Crippen molar-refractivity contribution >= 4 is 5.97 Å². The van der Waals surface area contributed by atoms with Gasteiger partial charge >= 0.3 is 5.97 Å². The Morgan fingerprint density at radius 2 is 1.86 bits per heavy atom. The maximum absolute atomic E-state index is 11.5. The molecule has 2 aliphatic rings. The fourth-order valence-electron chi connectivity index (χ4n) is 5.41. The summed E-state index contributed by atoms with van der Waals surface area (Å²) in [6, 6.07) is 22.7. The molecular weight excluding hydrogens is 454 g/mol. The van der Waals surface area contributed by atoms with Crippen LogP contribution in [0.3, 0.4) is 0 Å². The summed E-state index contributed by atoms with van der Waals surface area (Å²) in [5, 5.41) is 3.89. The molecule has 0 fully saturated rings. The Hall–Kier alpha value is -4.06. The zero-order valence-corrected chi connectivity index (χ0v) is 20.1. The zero-order chi connectivity index (χ0) is 24.5. The van der Waals surface area contributed by atoms with E-state index in [1.807, 2.05) is 24.3 Å². The Morgan fingerprint density at radius 3 is 2.69 bits per heavy atom. The Morgan fingerprint density at radius 1 is 1.00 bits per heavy atom. The second-order valence-electron chi connectivity index (χ2n) is 9.26. The summed E-state index contributed by atoms with van der Waals surface area (Å²) in [5.41, 5.74) is 7.04. The Kier molecular flexibility index (Phi) is 5.93. The summed E-state index contributed by atoms with van der Waals surface area (Å²) < 4.78 is 22.7. The average molecular weight is 482 g/mol. The third-order valence-electron chi connectivity index (χ3n) is 7.20. The molecular formula is C30H27NO5. The number of fused-ring (bicyclic) bond motifs is 2. The van der Waals surface area contributed by atoms with E-state index in [0.29, 0.717) is 19.4 Å². The van der Waals surface area contributed by atoms with Crippen molar-refractivity contribution in [2.75, 3.05) is 13.7 Å². The minimum absolute atomic E-state index is 0.0213. The van der Waals surface area contributed by atoms with Crippen LogP contribution in [0.4, 0.5) is 0 Å². The average Bonchev–Trinajstić information content (AvgIpc) is 3.68. The second kappa shape index (κ2) is 9.53. The summed E-state index contributed by atoms with van der Waals surface area (Å²) in [5.74, 6) is 2.42. The van der Waals surface area contributed by atoms with Crippen molar-refractivity contribution in [1.29, 1.82) is 0 Å². The number of benzene rings is 3. The van der Waals surface area contributed by atoms with Gasteiger partial charge in [0.25, 0.3) is 0 Å². The van der Waals surface area contributed by atoms with Gasteiger partial charge < -0.3 is 18.7 Å². The van der Waals surface area contributed by atoms with Gasteiger partial charge in [-0.1, -0.05) is 53.7 Å². The van der Waals surface area contributed by atoms with E-state index in [0.717, 1.165) is 46.8 Å². The van der Waals surface area contributed by atoms with E-state index in [9.17, 15) is 4.79 Å². The van der Waals surface area contributed by atoms with Gasteiger partial charge in [0, 0.05) is 35.6 Å². The molecule has 0 spiro atoms. The molecule has 0 N–H and O–H groups in total. The monoisotopic (exact) mass is 481 g/mol. The predicted molar refractivity (Wildman–Crippen MR) is 135 cm³/mol. The molecule has 6 heteroatoms. The van der Waals surface area contributed by atoms with Crippen LogP contribution >= 0.6 is 0 Å². The molecule has 2 atom stereocenters. The Balaban J connectivity index is 1.24. The van der Waals surface area contributed by atoms with Crippen LogP contribution in [0.2, 0.25) is 0 Å². The molecule has 0 radical (unpaired) electrons. The number of hydrogen-bond donors (Lipinski definition) is 0. The second-order valence-corrected chi connectivity index (χ2v) is 9.26. The van der Waals surface area contributed by atoms with Gasteiger partial charge in [-0.2, -0.15) is 0 Å². The first-order chi connectivity index (χ1) is 17.7. The molecule has 36 heavy (non-hydrogen) atoms. The molecule has 1 aliphatic carbocycles. The van der Waals surface area contributed by atoms with Crippen LogP contribution in [-0.2, 0) is 16.0 Å². The first kappa shape index (κ1) is 22.4. The van der Waals surface area contributed by atoms with Gasteiger partial charge in [-0.15, -0.1) is 0 Å². The number of aromatic nitrogens is 1. The van der Waals surface area contributed by atoms with Gasteiger partial charge in [0.1, 0.15) is 17.6 Å². The molecule has 1 aliphatic heterocycles. The van der Waals surface area contributed by atoms with Crippen LogP contribution < -0.4 is 9.47 Å². The lowest BCUT2D eigenvalue weighted by Gasteiger charge is -2.17. The summed E-state index contributed by atoms with van der Waals surface area (Å²) >= 11 is 0. The van der Waals surface area contributed by atoms with E-state index in [-0.39, 0.29) is 18.0 Å². The molecule has 0 saturated heterocycles. The zero-order valence-electron chi connectivity index (χ0n) is 20.1. The number of carbonyl (C=O) groups is 1. The number of esters is 1. The van der Waals surface area contributed by atoms with Gasteiger partial charge in [0.15, 0.2) is 5.76 Å². The lowest BCUT2D eigenvalue weighted by Crippen LogP contribution is -2.06.